The monoisotopic (exact) mass is 455 g/mol. The van der Waals surface area contributed by atoms with E-state index >= 15 is 0 Å². The Hall–Kier alpha value is -2.86. The minimum Gasteiger partial charge on any atom is -0.324 e. The number of amides is 2. The van der Waals surface area contributed by atoms with E-state index in [0.717, 1.165) is 11.1 Å². The molecule has 0 heterocycles. The summed E-state index contributed by atoms with van der Waals surface area (Å²) >= 11 is 12.1. The molecule has 3 rings (SSSR count). The van der Waals surface area contributed by atoms with Crippen molar-refractivity contribution in [2.75, 3.05) is 24.2 Å². The summed E-state index contributed by atoms with van der Waals surface area (Å²) in [4.78, 5) is 26.6. The van der Waals surface area contributed by atoms with Crippen molar-refractivity contribution in [3.8, 4) is 0 Å². The molecule has 3 aromatic carbocycles. The molecule has 3 aromatic rings. The molecule has 0 aromatic heterocycles. The van der Waals surface area contributed by atoms with Crippen LogP contribution >= 0.6 is 23.2 Å². The number of hydrogen-bond donors (Lipinski definition) is 2. The van der Waals surface area contributed by atoms with Crippen molar-refractivity contribution in [3.05, 3.63) is 93.5 Å². The molecule has 0 spiro atoms. The van der Waals surface area contributed by atoms with E-state index in [2.05, 4.69) is 10.6 Å². The van der Waals surface area contributed by atoms with Crippen LogP contribution in [0.5, 0.6) is 0 Å². The summed E-state index contributed by atoms with van der Waals surface area (Å²) < 4.78 is 0. The molecule has 0 saturated carbocycles. The molecule has 160 valence electrons. The molecule has 0 radical (unpaired) electrons. The number of para-hydroxylation sites is 1. The molecule has 2 N–H and O–H groups in total. The van der Waals surface area contributed by atoms with E-state index in [1.54, 1.807) is 36.4 Å². The molecule has 0 atom stereocenters. The summed E-state index contributed by atoms with van der Waals surface area (Å²) in [5.74, 6) is -0.342. The molecule has 0 aliphatic heterocycles. The molecule has 0 aliphatic carbocycles. The van der Waals surface area contributed by atoms with Crippen molar-refractivity contribution in [2.24, 2.45) is 0 Å². The van der Waals surface area contributed by atoms with Crippen molar-refractivity contribution in [2.45, 2.75) is 13.5 Å². The van der Waals surface area contributed by atoms with Gasteiger partial charge in [-0.3, -0.25) is 14.5 Å². The van der Waals surface area contributed by atoms with E-state index in [0.29, 0.717) is 33.5 Å². The van der Waals surface area contributed by atoms with Gasteiger partial charge in [0.15, 0.2) is 0 Å². The van der Waals surface area contributed by atoms with Gasteiger partial charge in [0.25, 0.3) is 5.91 Å². The van der Waals surface area contributed by atoms with Gasteiger partial charge in [0.2, 0.25) is 5.91 Å². The number of nitrogens with one attached hydrogen (secondary N) is 2. The van der Waals surface area contributed by atoms with Crippen molar-refractivity contribution >= 4 is 46.4 Å². The molecule has 2 amide bonds. The van der Waals surface area contributed by atoms with Gasteiger partial charge in [0.1, 0.15) is 0 Å². The Bertz CT molecular complexity index is 1080. The van der Waals surface area contributed by atoms with Gasteiger partial charge >= 0.3 is 0 Å². The number of benzene rings is 3. The minimum absolute atomic E-state index is 0.148. The highest BCUT2D eigenvalue weighted by Gasteiger charge is 2.11. The Morgan fingerprint density at radius 2 is 1.61 bits per heavy atom. The average Bonchev–Trinajstić information content (AvgIpc) is 2.73. The number of rotatable bonds is 7. The highest BCUT2D eigenvalue weighted by molar-refractivity contribution is 6.33. The molecule has 0 aliphatic rings. The predicted molar refractivity (Wildman–Crippen MR) is 127 cm³/mol. The molecule has 5 nitrogen and oxygen atoms in total. The summed E-state index contributed by atoms with van der Waals surface area (Å²) in [6.45, 7) is 2.66. The highest BCUT2D eigenvalue weighted by Crippen LogP contribution is 2.21. The van der Waals surface area contributed by atoms with Crippen molar-refractivity contribution in [1.29, 1.82) is 0 Å². The summed E-state index contributed by atoms with van der Waals surface area (Å²) in [5.41, 5.74) is 3.73. The Kier molecular flexibility index (Phi) is 7.69. The first-order valence-electron chi connectivity index (χ1n) is 9.71. The molecule has 0 saturated heterocycles. The number of carbonyl (C=O) groups excluding carboxylic acids is 2. The SMILES string of the molecule is Cc1cc(NC(=O)c2ccc(CN(C)CC(=O)Nc3ccccc3Cl)cc2)ccc1Cl. The average molecular weight is 456 g/mol. The lowest BCUT2D eigenvalue weighted by molar-refractivity contribution is -0.117. The second-order valence-corrected chi connectivity index (χ2v) is 8.13. The zero-order chi connectivity index (χ0) is 22.4. The molecule has 0 bridgehead atoms. The van der Waals surface area contributed by atoms with Crippen LogP contribution in [0.3, 0.4) is 0 Å². The van der Waals surface area contributed by atoms with Crippen LogP contribution in [-0.4, -0.2) is 30.3 Å². The van der Waals surface area contributed by atoms with Gasteiger partial charge in [-0.15, -0.1) is 0 Å². The molecular weight excluding hydrogens is 433 g/mol. The van der Waals surface area contributed by atoms with Gasteiger partial charge in [0, 0.05) is 22.8 Å². The van der Waals surface area contributed by atoms with E-state index in [9.17, 15) is 9.59 Å². The lowest BCUT2D eigenvalue weighted by Gasteiger charge is -2.17. The lowest BCUT2D eigenvalue weighted by Crippen LogP contribution is -2.29. The van der Waals surface area contributed by atoms with Crippen LogP contribution in [-0.2, 0) is 11.3 Å². The summed E-state index contributed by atoms with van der Waals surface area (Å²) in [6, 6.07) is 19.8. The van der Waals surface area contributed by atoms with Crippen LogP contribution in [0.25, 0.3) is 0 Å². The highest BCUT2D eigenvalue weighted by atomic mass is 35.5. The number of carbonyl (C=O) groups is 2. The number of aryl methyl sites for hydroxylation is 1. The summed E-state index contributed by atoms with van der Waals surface area (Å²) in [7, 11) is 1.86. The van der Waals surface area contributed by atoms with Gasteiger partial charge in [-0.2, -0.15) is 0 Å². The summed E-state index contributed by atoms with van der Waals surface area (Å²) in [6.07, 6.45) is 0. The van der Waals surface area contributed by atoms with Gasteiger partial charge in [-0.25, -0.2) is 0 Å². The maximum atomic E-state index is 12.5. The third kappa shape index (κ3) is 6.56. The van der Waals surface area contributed by atoms with Crippen LogP contribution in [0, 0.1) is 6.92 Å². The summed E-state index contributed by atoms with van der Waals surface area (Å²) in [5, 5.41) is 6.84. The van der Waals surface area contributed by atoms with Crippen molar-refractivity contribution < 1.29 is 9.59 Å². The van der Waals surface area contributed by atoms with Crippen LogP contribution in [0.4, 0.5) is 11.4 Å². The van der Waals surface area contributed by atoms with Crippen LogP contribution in [0.15, 0.2) is 66.7 Å². The number of halogens is 2. The van der Waals surface area contributed by atoms with Crippen molar-refractivity contribution in [3.63, 3.8) is 0 Å². The zero-order valence-corrected chi connectivity index (χ0v) is 18.8. The third-order valence-corrected chi connectivity index (χ3v) is 5.40. The second kappa shape index (κ2) is 10.4. The van der Waals surface area contributed by atoms with Crippen LogP contribution in [0.1, 0.15) is 21.5 Å². The van der Waals surface area contributed by atoms with Crippen LogP contribution in [0.2, 0.25) is 10.0 Å². The predicted octanol–water partition coefficient (Wildman–Crippen LogP) is 5.62. The van der Waals surface area contributed by atoms with E-state index in [4.69, 9.17) is 23.2 Å². The Balaban J connectivity index is 1.53. The van der Waals surface area contributed by atoms with Gasteiger partial charge in [0.05, 0.1) is 17.3 Å². The Morgan fingerprint density at radius 3 is 2.29 bits per heavy atom. The third-order valence-electron chi connectivity index (χ3n) is 4.65. The zero-order valence-electron chi connectivity index (χ0n) is 17.3. The topological polar surface area (TPSA) is 61.4 Å². The first-order valence-corrected chi connectivity index (χ1v) is 10.5. The second-order valence-electron chi connectivity index (χ2n) is 7.32. The fraction of sp³-hybridized carbons (Fsp3) is 0.167. The number of likely N-dealkylation sites (N-methyl/N-ethyl adjacent to an activating group) is 1. The van der Waals surface area contributed by atoms with Gasteiger partial charge < -0.3 is 10.6 Å². The molecule has 0 unspecified atom stereocenters. The standard InChI is InChI=1S/C24H23Cl2N3O2/c1-16-13-19(11-12-20(16)25)27-24(31)18-9-7-17(8-10-18)14-29(2)15-23(30)28-22-6-4-3-5-21(22)26/h3-13H,14-15H2,1-2H3,(H,27,31)(H,28,30). The molecule has 7 heteroatoms. The normalized spacial score (nSPS) is 10.7. The van der Waals surface area contributed by atoms with E-state index in [1.807, 2.05) is 49.2 Å². The largest absolute Gasteiger partial charge is 0.324 e. The minimum atomic E-state index is -0.194. The molecule has 0 fully saturated rings. The Morgan fingerprint density at radius 1 is 0.903 bits per heavy atom. The lowest BCUT2D eigenvalue weighted by atomic mass is 10.1. The maximum absolute atomic E-state index is 12.5. The smallest absolute Gasteiger partial charge is 0.255 e. The fourth-order valence-corrected chi connectivity index (χ4v) is 3.35. The van der Waals surface area contributed by atoms with Crippen molar-refractivity contribution in [1.82, 2.24) is 4.90 Å². The first kappa shape index (κ1) is 22.8. The molecule has 31 heavy (non-hydrogen) atoms. The Labute approximate surface area is 192 Å². The van der Waals surface area contributed by atoms with Gasteiger partial charge in [-0.05, 0) is 67.6 Å². The van der Waals surface area contributed by atoms with Crippen LogP contribution < -0.4 is 10.6 Å². The first-order chi connectivity index (χ1) is 14.8. The fourth-order valence-electron chi connectivity index (χ4n) is 3.05. The quantitative estimate of drug-likeness (QED) is 0.485. The van der Waals surface area contributed by atoms with E-state index < -0.39 is 0 Å². The van der Waals surface area contributed by atoms with E-state index in [1.165, 1.54) is 0 Å². The molecular formula is C24H23Cl2N3O2. The number of anilines is 2. The maximum Gasteiger partial charge on any atom is 0.255 e. The number of nitrogens with zero attached hydrogens (tertiary/aromatic N) is 1. The van der Waals surface area contributed by atoms with E-state index in [-0.39, 0.29) is 18.4 Å². The van der Waals surface area contributed by atoms with Gasteiger partial charge in [-0.1, -0.05) is 47.5 Å². The number of hydrogen-bond acceptors (Lipinski definition) is 3.